The maximum absolute atomic E-state index is 12.9. The minimum atomic E-state index is -4.55. The van der Waals surface area contributed by atoms with Crippen molar-refractivity contribution in [2.75, 3.05) is 17.2 Å². The van der Waals surface area contributed by atoms with Gasteiger partial charge in [0, 0.05) is 16.9 Å². The Morgan fingerprint density at radius 3 is 1.97 bits per heavy atom. The summed E-state index contributed by atoms with van der Waals surface area (Å²) in [5.74, 6) is -2.50. The molecule has 34 heavy (non-hydrogen) atoms. The number of alkyl halides is 3. The van der Waals surface area contributed by atoms with E-state index in [1.54, 1.807) is 12.1 Å². The number of imide groups is 1. The zero-order valence-corrected chi connectivity index (χ0v) is 17.3. The van der Waals surface area contributed by atoms with Crippen LogP contribution in [0.25, 0.3) is 0 Å². The SMILES string of the molecule is O=C(CN1C(=O)c2ccccc2C1=O)Nc1cccc(C(=O)Nc2cccc(C(F)(F)F)c2)c1. The van der Waals surface area contributed by atoms with Crippen LogP contribution in [-0.2, 0) is 11.0 Å². The third-order valence-electron chi connectivity index (χ3n) is 5.04. The molecule has 1 heterocycles. The van der Waals surface area contributed by atoms with Crippen molar-refractivity contribution in [3.8, 4) is 0 Å². The fraction of sp³-hybridized carbons (Fsp3) is 0.0833. The van der Waals surface area contributed by atoms with E-state index in [1.807, 2.05) is 0 Å². The second kappa shape index (κ2) is 8.81. The molecule has 4 amide bonds. The molecule has 0 spiro atoms. The third-order valence-corrected chi connectivity index (χ3v) is 5.04. The molecule has 7 nitrogen and oxygen atoms in total. The van der Waals surface area contributed by atoms with E-state index in [0.717, 1.165) is 17.0 Å². The lowest BCUT2D eigenvalue weighted by molar-refractivity contribution is -0.137. The fourth-order valence-electron chi connectivity index (χ4n) is 3.44. The zero-order valence-electron chi connectivity index (χ0n) is 17.3. The van der Waals surface area contributed by atoms with Crippen molar-refractivity contribution in [1.82, 2.24) is 4.90 Å². The molecule has 0 aliphatic carbocycles. The number of benzene rings is 3. The normalized spacial score (nSPS) is 13.0. The van der Waals surface area contributed by atoms with Gasteiger partial charge >= 0.3 is 6.18 Å². The van der Waals surface area contributed by atoms with Crippen LogP contribution in [0.5, 0.6) is 0 Å². The summed E-state index contributed by atoms with van der Waals surface area (Å²) in [6, 6.07) is 16.1. The molecule has 0 unspecified atom stereocenters. The number of hydrogen-bond donors (Lipinski definition) is 2. The standard InChI is InChI=1S/C24H16F3N3O4/c25-24(26,27)15-6-4-8-17(12-15)29-21(32)14-5-3-7-16(11-14)28-20(31)13-30-22(33)18-9-1-2-10-19(18)23(30)34/h1-12H,13H2,(H,28,31)(H,29,32). The molecule has 0 bridgehead atoms. The summed E-state index contributed by atoms with van der Waals surface area (Å²) in [5, 5.41) is 4.89. The first kappa shape index (κ1) is 22.7. The number of amides is 4. The van der Waals surface area contributed by atoms with Gasteiger partial charge in [-0.15, -0.1) is 0 Å². The van der Waals surface area contributed by atoms with Gasteiger partial charge in [0.15, 0.2) is 0 Å². The van der Waals surface area contributed by atoms with E-state index < -0.39 is 41.9 Å². The predicted octanol–water partition coefficient (Wildman–Crippen LogP) is 4.19. The molecule has 4 rings (SSSR count). The zero-order chi connectivity index (χ0) is 24.5. The van der Waals surface area contributed by atoms with Gasteiger partial charge in [0.2, 0.25) is 5.91 Å². The Bertz CT molecular complexity index is 1290. The summed E-state index contributed by atoms with van der Waals surface area (Å²) in [6.45, 7) is -0.521. The van der Waals surface area contributed by atoms with Gasteiger partial charge in [0.1, 0.15) is 6.54 Å². The van der Waals surface area contributed by atoms with Gasteiger partial charge < -0.3 is 10.6 Å². The largest absolute Gasteiger partial charge is 0.416 e. The highest BCUT2D eigenvalue weighted by molar-refractivity contribution is 6.22. The molecule has 0 atom stereocenters. The molecule has 0 aromatic heterocycles. The minimum Gasteiger partial charge on any atom is -0.325 e. The smallest absolute Gasteiger partial charge is 0.325 e. The van der Waals surface area contributed by atoms with E-state index in [1.165, 1.54) is 48.5 Å². The van der Waals surface area contributed by atoms with Crippen molar-refractivity contribution < 1.29 is 32.3 Å². The lowest BCUT2D eigenvalue weighted by atomic mass is 10.1. The minimum absolute atomic E-state index is 0.0418. The predicted molar refractivity (Wildman–Crippen MR) is 116 cm³/mol. The molecule has 0 saturated carbocycles. The van der Waals surface area contributed by atoms with Crippen LogP contribution in [0.2, 0.25) is 0 Å². The summed E-state index contributed by atoms with van der Waals surface area (Å²) in [4.78, 5) is 50.6. The molecular weight excluding hydrogens is 451 g/mol. The molecule has 3 aromatic rings. The summed E-state index contributed by atoms with van der Waals surface area (Å²) in [6.07, 6.45) is -4.55. The molecule has 0 saturated heterocycles. The van der Waals surface area contributed by atoms with E-state index in [2.05, 4.69) is 10.6 Å². The van der Waals surface area contributed by atoms with Gasteiger partial charge in [-0.2, -0.15) is 13.2 Å². The third kappa shape index (κ3) is 4.65. The molecule has 2 N–H and O–H groups in total. The van der Waals surface area contributed by atoms with Crippen molar-refractivity contribution in [3.05, 3.63) is 95.1 Å². The average molecular weight is 467 g/mol. The van der Waals surface area contributed by atoms with Crippen LogP contribution in [0.3, 0.4) is 0 Å². The number of fused-ring (bicyclic) bond motifs is 1. The average Bonchev–Trinajstić information content (AvgIpc) is 3.04. The van der Waals surface area contributed by atoms with E-state index in [9.17, 15) is 32.3 Å². The van der Waals surface area contributed by atoms with Crippen LogP contribution < -0.4 is 10.6 Å². The van der Waals surface area contributed by atoms with Gasteiger partial charge in [-0.3, -0.25) is 24.1 Å². The number of nitrogens with one attached hydrogen (secondary N) is 2. The summed E-state index contributed by atoms with van der Waals surface area (Å²) in [5.41, 5.74) is -0.226. The highest BCUT2D eigenvalue weighted by atomic mass is 19.4. The van der Waals surface area contributed by atoms with Crippen LogP contribution in [0.4, 0.5) is 24.5 Å². The van der Waals surface area contributed by atoms with E-state index >= 15 is 0 Å². The highest BCUT2D eigenvalue weighted by Gasteiger charge is 2.36. The number of carbonyl (C=O) groups excluding carboxylic acids is 4. The van der Waals surface area contributed by atoms with Crippen molar-refractivity contribution in [1.29, 1.82) is 0 Å². The second-order valence-corrected chi connectivity index (χ2v) is 7.40. The molecule has 172 valence electrons. The monoisotopic (exact) mass is 467 g/mol. The fourth-order valence-corrected chi connectivity index (χ4v) is 3.44. The number of halogens is 3. The van der Waals surface area contributed by atoms with Crippen molar-refractivity contribution in [2.45, 2.75) is 6.18 Å². The number of rotatable bonds is 5. The topological polar surface area (TPSA) is 95.6 Å². The van der Waals surface area contributed by atoms with E-state index in [4.69, 9.17) is 0 Å². The summed E-state index contributed by atoms with van der Waals surface area (Å²) >= 11 is 0. The molecule has 0 radical (unpaired) electrons. The maximum atomic E-state index is 12.9. The van der Waals surface area contributed by atoms with Crippen molar-refractivity contribution in [2.24, 2.45) is 0 Å². The Morgan fingerprint density at radius 2 is 1.35 bits per heavy atom. The Hall–Kier alpha value is -4.47. The first-order chi connectivity index (χ1) is 16.1. The van der Waals surface area contributed by atoms with Gasteiger partial charge in [-0.05, 0) is 48.5 Å². The molecular formula is C24H16F3N3O4. The van der Waals surface area contributed by atoms with Crippen LogP contribution in [0.1, 0.15) is 36.6 Å². The molecule has 0 fully saturated rings. The van der Waals surface area contributed by atoms with E-state index in [0.29, 0.717) is 0 Å². The number of anilines is 2. The molecule has 1 aliphatic rings. The second-order valence-electron chi connectivity index (χ2n) is 7.40. The van der Waals surface area contributed by atoms with Gasteiger partial charge in [0.05, 0.1) is 16.7 Å². The summed E-state index contributed by atoms with van der Waals surface area (Å²) < 4.78 is 38.6. The summed E-state index contributed by atoms with van der Waals surface area (Å²) in [7, 11) is 0. The van der Waals surface area contributed by atoms with Crippen molar-refractivity contribution in [3.63, 3.8) is 0 Å². The quantitative estimate of drug-likeness (QED) is 0.550. The van der Waals surface area contributed by atoms with Crippen LogP contribution in [0.15, 0.2) is 72.8 Å². The van der Waals surface area contributed by atoms with Crippen LogP contribution >= 0.6 is 0 Å². The Kier molecular flexibility index (Phi) is 5.89. The lowest BCUT2D eigenvalue weighted by Crippen LogP contribution is -2.37. The Balaban J connectivity index is 1.42. The number of nitrogens with zero attached hydrogens (tertiary/aromatic N) is 1. The first-order valence-corrected chi connectivity index (χ1v) is 9.97. The molecule has 10 heteroatoms. The van der Waals surface area contributed by atoms with E-state index in [-0.39, 0.29) is 28.1 Å². The molecule has 1 aliphatic heterocycles. The number of carbonyl (C=O) groups is 4. The Morgan fingerprint density at radius 1 is 0.765 bits per heavy atom. The van der Waals surface area contributed by atoms with Gasteiger partial charge in [-0.1, -0.05) is 24.3 Å². The van der Waals surface area contributed by atoms with Gasteiger partial charge in [0.25, 0.3) is 17.7 Å². The molecule has 3 aromatic carbocycles. The van der Waals surface area contributed by atoms with Crippen LogP contribution in [0, 0.1) is 0 Å². The maximum Gasteiger partial charge on any atom is 0.416 e. The number of hydrogen-bond acceptors (Lipinski definition) is 4. The van der Waals surface area contributed by atoms with Crippen LogP contribution in [-0.4, -0.2) is 35.1 Å². The highest BCUT2D eigenvalue weighted by Crippen LogP contribution is 2.30. The van der Waals surface area contributed by atoms with Gasteiger partial charge in [-0.25, -0.2) is 0 Å². The Labute approximate surface area is 191 Å². The van der Waals surface area contributed by atoms with Crippen molar-refractivity contribution >= 4 is 35.0 Å². The lowest BCUT2D eigenvalue weighted by Gasteiger charge is -2.14. The first-order valence-electron chi connectivity index (χ1n) is 9.97.